The number of benzene rings is 3. The van der Waals surface area contributed by atoms with Crippen LogP contribution in [0.15, 0.2) is 85.1 Å². The molecular formula is C25H25N3O. The third-order valence-electron chi connectivity index (χ3n) is 5.26. The van der Waals surface area contributed by atoms with E-state index in [1.165, 1.54) is 11.1 Å². The van der Waals surface area contributed by atoms with Gasteiger partial charge in [0.2, 0.25) is 0 Å². The Morgan fingerprint density at radius 2 is 1.55 bits per heavy atom. The molecule has 0 aliphatic heterocycles. The lowest BCUT2D eigenvalue weighted by molar-refractivity contribution is 0.0827. The van der Waals surface area contributed by atoms with Crippen LogP contribution in [-0.2, 0) is 6.54 Å². The predicted molar refractivity (Wildman–Crippen MR) is 117 cm³/mol. The van der Waals surface area contributed by atoms with Crippen molar-refractivity contribution in [1.29, 1.82) is 0 Å². The van der Waals surface area contributed by atoms with Crippen LogP contribution in [0.3, 0.4) is 0 Å². The molecule has 0 saturated heterocycles. The molecule has 0 bridgehead atoms. The molecule has 4 nitrogen and oxygen atoms in total. The SMILES string of the molecule is CN(C)C(=O)c1ccc2cn(CCC(c3ccccc3)c3ccccc3)nc2c1. The summed E-state index contributed by atoms with van der Waals surface area (Å²) in [6.45, 7) is 0.806. The summed E-state index contributed by atoms with van der Waals surface area (Å²) in [5, 5.41) is 5.77. The maximum Gasteiger partial charge on any atom is 0.253 e. The standard InChI is InChI=1S/C25H25N3O/c1-27(2)25(29)21-13-14-22-18-28(26-24(22)17-21)16-15-23(19-9-5-3-6-10-19)20-11-7-4-8-12-20/h3-14,17-18,23H,15-16H2,1-2H3. The topological polar surface area (TPSA) is 38.1 Å². The monoisotopic (exact) mass is 383 g/mol. The van der Waals surface area contributed by atoms with Crippen molar-refractivity contribution in [3.05, 3.63) is 102 Å². The van der Waals surface area contributed by atoms with Crippen LogP contribution in [0, 0.1) is 0 Å². The number of hydrogen-bond acceptors (Lipinski definition) is 2. The summed E-state index contributed by atoms with van der Waals surface area (Å²) in [6, 6.07) is 27.0. The van der Waals surface area contributed by atoms with Gasteiger partial charge in [0.05, 0.1) is 5.52 Å². The highest BCUT2D eigenvalue weighted by Gasteiger charge is 2.15. The highest BCUT2D eigenvalue weighted by Crippen LogP contribution is 2.28. The van der Waals surface area contributed by atoms with Gasteiger partial charge >= 0.3 is 0 Å². The molecule has 0 spiro atoms. The number of amides is 1. The number of fused-ring (bicyclic) bond motifs is 1. The smallest absolute Gasteiger partial charge is 0.253 e. The molecule has 3 aromatic carbocycles. The van der Waals surface area contributed by atoms with Crippen LogP contribution in [-0.4, -0.2) is 34.7 Å². The van der Waals surface area contributed by atoms with E-state index in [1.807, 2.05) is 22.9 Å². The lowest BCUT2D eigenvalue weighted by Crippen LogP contribution is -2.21. The summed E-state index contributed by atoms with van der Waals surface area (Å²) in [5.41, 5.74) is 4.15. The summed E-state index contributed by atoms with van der Waals surface area (Å²) in [4.78, 5) is 13.8. The zero-order valence-corrected chi connectivity index (χ0v) is 16.8. The van der Waals surface area contributed by atoms with E-state index in [9.17, 15) is 4.79 Å². The molecule has 0 N–H and O–H groups in total. The molecular weight excluding hydrogens is 358 g/mol. The zero-order valence-electron chi connectivity index (χ0n) is 16.8. The molecule has 0 aliphatic rings. The van der Waals surface area contributed by atoms with Gasteiger partial charge in [-0.25, -0.2) is 0 Å². The summed E-state index contributed by atoms with van der Waals surface area (Å²) in [6.07, 6.45) is 3.01. The van der Waals surface area contributed by atoms with Crippen molar-refractivity contribution < 1.29 is 4.79 Å². The van der Waals surface area contributed by atoms with E-state index in [4.69, 9.17) is 5.10 Å². The van der Waals surface area contributed by atoms with Crippen LogP contribution in [0.5, 0.6) is 0 Å². The lowest BCUT2D eigenvalue weighted by Gasteiger charge is -2.18. The number of nitrogens with zero attached hydrogens (tertiary/aromatic N) is 3. The second kappa shape index (κ2) is 8.31. The summed E-state index contributed by atoms with van der Waals surface area (Å²) >= 11 is 0. The maximum atomic E-state index is 12.2. The largest absolute Gasteiger partial charge is 0.345 e. The first-order valence-electron chi connectivity index (χ1n) is 9.90. The number of rotatable bonds is 6. The fourth-order valence-electron chi connectivity index (χ4n) is 3.73. The van der Waals surface area contributed by atoms with E-state index < -0.39 is 0 Å². The highest BCUT2D eigenvalue weighted by molar-refractivity contribution is 5.97. The Morgan fingerprint density at radius 3 is 2.14 bits per heavy atom. The van der Waals surface area contributed by atoms with E-state index in [-0.39, 0.29) is 5.91 Å². The fourth-order valence-corrected chi connectivity index (χ4v) is 3.73. The number of aromatic nitrogens is 2. The predicted octanol–water partition coefficient (Wildman–Crippen LogP) is 4.96. The van der Waals surface area contributed by atoms with E-state index in [0.29, 0.717) is 11.5 Å². The first-order valence-corrected chi connectivity index (χ1v) is 9.90. The lowest BCUT2D eigenvalue weighted by atomic mass is 9.88. The minimum absolute atomic E-state index is 0.00494. The molecule has 0 unspecified atom stereocenters. The third-order valence-corrected chi connectivity index (χ3v) is 5.26. The van der Waals surface area contributed by atoms with Gasteiger partial charge in [-0.15, -0.1) is 0 Å². The van der Waals surface area contributed by atoms with Gasteiger partial charge in [-0.05, 0) is 29.7 Å². The Hall–Kier alpha value is -3.40. The molecule has 4 aromatic rings. The molecule has 0 aliphatic carbocycles. The van der Waals surface area contributed by atoms with E-state index >= 15 is 0 Å². The van der Waals surface area contributed by atoms with Crippen molar-refractivity contribution in [2.24, 2.45) is 0 Å². The van der Waals surface area contributed by atoms with Crippen LogP contribution < -0.4 is 0 Å². The van der Waals surface area contributed by atoms with Crippen LogP contribution in [0.25, 0.3) is 10.9 Å². The molecule has 4 rings (SSSR count). The Balaban J connectivity index is 1.57. The zero-order chi connectivity index (χ0) is 20.2. The molecule has 0 saturated carbocycles. The first-order chi connectivity index (χ1) is 14.1. The first kappa shape index (κ1) is 18.9. The van der Waals surface area contributed by atoms with Gasteiger partial charge in [-0.3, -0.25) is 9.48 Å². The Bertz CT molecular complexity index is 1060. The van der Waals surface area contributed by atoms with E-state index in [2.05, 4.69) is 66.9 Å². The minimum atomic E-state index is -0.00494. The normalized spacial score (nSPS) is 11.1. The molecule has 0 atom stereocenters. The summed E-state index contributed by atoms with van der Waals surface area (Å²) in [7, 11) is 3.52. The molecule has 4 heteroatoms. The van der Waals surface area contributed by atoms with Crippen LogP contribution in [0.1, 0.15) is 33.8 Å². The average molecular weight is 383 g/mol. The number of aryl methyl sites for hydroxylation is 1. The number of carbonyl (C=O) groups is 1. The van der Waals surface area contributed by atoms with Gasteiger partial charge in [-0.1, -0.05) is 66.7 Å². The summed E-state index contributed by atoms with van der Waals surface area (Å²) in [5.74, 6) is 0.310. The molecule has 1 heterocycles. The fraction of sp³-hybridized carbons (Fsp3) is 0.200. The molecule has 0 fully saturated rings. The van der Waals surface area contributed by atoms with Crippen molar-refractivity contribution in [3.8, 4) is 0 Å². The van der Waals surface area contributed by atoms with Crippen molar-refractivity contribution in [3.63, 3.8) is 0 Å². The van der Waals surface area contributed by atoms with Gasteiger partial charge in [0.25, 0.3) is 5.91 Å². The Kier molecular flexibility index (Phi) is 5.43. The van der Waals surface area contributed by atoms with Crippen molar-refractivity contribution in [1.82, 2.24) is 14.7 Å². The molecule has 146 valence electrons. The average Bonchev–Trinajstić information content (AvgIpc) is 3.17. The van der Waals surface area contributed by atoms with Crippen LogP contribution >= 0.6 is 0 Å². The molecule has 1 amide bonds. The van der Waals surface area contributed by atoms with Crippen molar-refractivity contribution in [2.45, 2.75) is 18.9 Å². The van der Waals surface area contributed by atoms with Gasteiger partial charge in [0.15, 0.2) is 0 Å². The number of hydrogen-bond donors (Lipinski definition) is 0. The second-order valence-corrected chi connectivity index (χ2v) is 7.53. The second-order valence-electron chi connectivity index (χ2n) is 7.53. The van der Waals surface area contributed by atoms with Crippen molar-refractivity contribution in [2.75, 3.05) is 14.1 Å². The van der Waals surface area contributed by atoms with Gasteiger partial charge in [0, 0.05) is 43.7 Å². The molecule has 1 aromatic heterocycles. The van der Waals surface area contributed by atoms with E-state index in [1.54, 1.807) is 19.0 Å². The summed E-state index contributed by atoms with van der Waals surface area (Å²) < 4.78 is 1.99. The van der Waals surface area contributed by atoms with Gasteiger partial charge < -0.3 is 4.90 Å². The Morgan fingerprint density at radius 1 is 0.931 bits per heavy atom. The molecule has 29 heavy (non-hydrogen) atoms. The van der Waals surface area contributed by atoms with Gasteiger partial charge in [0.1, 0.15) is 0 Å². The van der Waals surface area contributed by atoms with Crippen molar-refractivity contribution >= 4 is 16.8 Å². The minimum Gasteiger partial charge on any atom is -0.345 e. The highest BCUT2D eigenvalue weighted by atomic mass is 16.2. The van der Waals surface area contributed by atoms with E-state index in [0.717, 1.165) is 23.9 Å². The number of carbonyl (C=O) groups excluding carboxylic acids is 1. The third kappa shape index (κ3) is 4.21. The van der Waals surface area contributed by atoms with Crippen LogP contribution in [0.4, 0.5) is 0 Å². The quantitative estimate of drug-likeness (QED) is 0.472. The van der Waals surface area contributed by atoms with Gasteiger partial charge in [-0.2, -0.15) is 5.10 Å². The van der Waals surface area contributed by atoms with Crippen LogP contribution in [0.2, 0.25) is 0 Å². The maximum absolute atomic E-state index is 12.2. The molecule has 0 radical (unpaired) electrons. The Labute approximate surface area is 171 Å².